The normalized spacial score (nSPS) is 24.5. The van der Waals surface area contributed by atoms with Crippen molar-refractivity contribution in [3.05, 3.63) is 35.2 Å². The first kappa shape index (κ1) is 23.9. The molecule has 0 bridgehead atoms. The van der Waals surface area contributed by atoms with Crippen molar-refractivity contribution in [3.63, 3.8) is 0 Å². The Kier molecular flexibility index (Phi) is 8.60. The predicted molar refractivity (Wildman–Crippen MR) is 120 cm³/mol. The third-order valence-electron chi connectivity index (χ3n) is 6.44. The Morgan fingerprint density at radius 3 is 2.39 bits per heavy atom. The van der Waals surface area contributed by atoms with Gasteiger partial charge >= 0.3 is 5.97 Å². The molecule has 1 heterocycles. The Bertz CT molecular complexity index is 845. The van der Waals surface area contributed by atoms with Crippen LogP contribution in [0.15, 0.2) is 30.3 Å². The molecule has 4 N–H and O–H groups in total. The molecule has 0 aliphatic heterocycles. The predicted octanol–water partition coefficient (Wildman–Crippen LogP) is 4.01. The van der Waals surface area contributed by atoms with E-state index in [0.29, 0.717) is 24.1 Å². The molecule has 0 radical (unpaired) electrons. The fourth-order valence-corrected chi connectivity index (χ4v) is 5.79. The highest BCUT2D eigenvalue weighted by atomic mass is 32.1. The summed E-state index contributed by atoms with van der Waals surface area (Å²) in [6.07, 6.45) is 2.95. The minimum Gasteiger partial charge on any atom is -0.481 e. The van der Waals surface area contributed by atoms with Crippen LogP contribution in [0.25, 0.3) is 10.1 Å². The minimum atomic E-state index is -1.12. The average molecular weight is 449 g/mol. The quantitative estimate of drug-likeness (QED) is 0.288. The number of benzene rings is 1. The minimum absolute atomic E-state index is 0.0545. The molecular weight excluding hydrogens is 416 g/mol. The van der Waals surface area contributed by atoms with Crippen molar-refractivity contribution in [2.75, 3.05) is 0 Å². The van der Waals surface area contributed by atoms with Crippen LogP contribution >= 0.6 is 11.3 Å². The summed E-state index contributed by atoms with van der Waals surface area (Å²) in [5.74, 6) is -1.26. The van der Waals surface area contributed by atoms with E-state index in [4.69, 9.17) is 5.11 Å². The average Bonchev–Trinajstić information content (AvgIpc) is 3.28. The lowest BCUT2D eigenvalue weighted by Crippen LogP contribution is -2.26. The van der Waals surface area contributed by atoms with Gasteiger partial charge in [0, 0.05) is 11.1 Å². The van der Waals surface area contributed by atoms with E-state index < -0.39 is 24.3 Å². The third-order valence-corrected chi connectivity index (χ3v) is 7.57. The van der Waals surface area contributed by atoms with Gasteiger partial charge in [0.05, 0.1) is 17.1 Å². The van der Waals surface area contributed by atoms with E-state index in [1.165, 1.54) is 11.3 Å². The van der Waals surface area contributed by atoms with Gasteiger partial charge in [0.1, 0.15) is 6.10 Å². The summed E-state index contributed by atoms with van der Waals surface area (Å²) < 4.78 is 1.01. The molecule has 0 spiro atoms. The van der Waals surface area contributed by atoms with Crippen molar-refractivity contribution < 1.29 is 30.0 Å². The molecule has 1 aromatic carbocycles. The highest BCUT2D eigenvalue weighted by Crippen LogP contribution is 2.39. The van der Waals surface area contributed by atoms with Gasteiger partial charge in [-0.1, -0.05) is 37.5 Å². The molecule has 1 fully saturated rings. The maximum atomic E-state index is 12.7. The maximum absolute atomic E-state index is 12.7. The van der Waals surface area contributed by atoms with Gasteiger partial charge in [-0.05, 0) is 61.5 Å². The molecule has 31 heavy (non-hydrogen) atoms. The van der Waals surface area contributed by atoms with Crippen LogP contribution in [-0.2, 0) is 4.79 Å². The van der Waals surface area contributed by atoms with E-state index >= 15 is 0 Å². The number of ketones is 1. The molecule has 170 valence electrons. The molecule has 1 aliphatic rings. The van der Waals surface area contributed by atoms with Crippen LogP contribution in [0.2, 0.25) is 0 Å². The first-order valence-electron chi connectivity index (χ1n) is 11.2. The molecule has 1 saturated carbocycles. The Morgan fingerprint density at radius 1 is 1.00 bits per heavy atom. The fraction of sp³-hybridized carbons (Fsp3) is 0.583. The number of unbranched alkanes of at least 4 members (excludes halogenated alkanes) is 3. The van der Waals surface area contributed by atoms with Crippen LogP contribution in [0.1, 0.15) is 67.5 Å². The van der Waals surface area contributed by atoms with Crippen molar-refractivity contribution in [3.8, 4) is 0 Å². The lowest BCUT2D eigenvalue weighted by Gasteiger charge is -2.24. The zero-order chi connectivity index (χ0) is 22.4. The Hall–Kier alpha value is -1.80. The number of carboxylic acid groups (broad SMARTS) is 1. The van der Waals surface area contributed by atoms with Gasteiger partial charge in [-0.3, -0.25) is 9.59 Å². The second-order valence-electron chi connectivity index (χ2n) is 8.65. The van der Waals surface area contributed by atoms with Crippen LogP contribution in [-0.4, -0.2) is 50.5 Å². The smallest absolute Gasteiger partial charge is 0.303 e. The number of aliphatic hydroxyl groups excluding tert-OH is 3. The lowest BCUT2D eigenvalue weighted by molar-refractivity contribution is -0.137. The summed E-state index contributed by atoms with van der Waals surface area (Å²) in [6, 6.07) is 9.54. The molecule has 0 saturated heterocycles. The molecule has 2 unspecified atom stereocenters. The molecule has 1 aliphatic carbocycles. The maximum Gasteiger partial charge on any atom is 0.303 e. The Balaban J connectivity index is 1.49. The second-order valence-corrected chi connectivity index (χ2v) is 9.73. The van der Waals surface area contributed by atoms with Crippen LogP contribution in [0.5, 0.6) is 0 Å². The van der Waals surface area contributed by atoms with Gasteiger partial charge in [0.15, 0.2) is 0 Å². The highest BCUT2D eigenvalue weighted by Gasteiger charge is 2.41. The SMILES string of the molecule is O=C(O)CCCCCC[C@@H]1C(CCC(O)C(=O)c2cc3ccccc3s2)[C@H](O)C[C@@H]1O. The largest absolute Gasteiger partial charge is 0.481 e. The van der Waals surface area contributed by atoms with Crippen molar-refractivity contribution in [2.45, 2.75) is 76.1 Å². The van der Waals surface area contributed by atoms with Gasteiger partial charge < -0.3 is 20.4 Å². The van der Waals surface area contributed by atoms with Crippen molar-refractivity contribution in [1.29, 1.82) is 0 Å². The number of rotatable bonds is 12. The Labute approximate surface area is 186 Å². The second kappa shape index (κ2) is 11.2. The Morgan fingerprint density at radius 2 is 1.68 bits per heavy atom. The third kappa shape index (κ3) is 6.35. The molecule has 6 nitrogen and oxygen atoms in total. The number of carbonyl (C=O) groups excluding carboxylic acids is 1. The number of carboxylic acids is 1. The summed E-state index contributed by atoms with van der Waals surface area (Å²) in [4.78, 5) is 23.8. The van der Waals surface area contributed by atoms with E-state index in [9.17, 15) is 24.9 Å². The molecule has 5 atom stereocenters. The number of hydrogen-bond acceptors (Lipinski definition) is 6. The number of Topliss-reactive ketones (excluding diaryl/α,β-unsaturated/α-hetero) is 1. The molecule has 1 aromatic heterocycles. The zero-order valence-corrected chi connectivity index (χ0v) is 18.5. The molecule has 3 rings (SSSR count). The van der Waals surface area contributed by atoms with Crippen molar-refractivity contribution in [1.82, 2.24) is 0 Å². The van der Waals surface area contributed by atoms with Crippen molar-refractivity contribution in [2.24, 2.45) is 11.8 Å². The summed E-state index contributed by atoms with van der Waals surface area (Å²) in [6.45, 7) is 0. The topological polar surface area (TPSA) is 115 Å². The number of aliphatic hydroxyl groups is 3. The van der Waals surface area contributed by atoms with E-state index in [1.807, 2.05) is 30.3 Å². The molecule has 2 aromatic rings. The van der Waals surface area contributed by atoms with Crippen LogP contribution < -0.4 is 0 Å². The number of hydrogen-bond donors (Lipinski definition) is 4. The zero-order valence-electron chi connectivity index (χ0n) is 17.7. The van der Waals surface area contributed by atoms with Crippen LogP contribution in [0, 0.1) is 11.8 Å². The fourth-order valence-electron chi connectivity index (χ4n) is 4.74. The summed E-state index contributed by atoms with van der Waals surface area (Å²) in [5.41, 5.74) is 0. The summed E-state index contributed by atoms with van der Waals surface area (Å²) in [5, 5.41) is 40.9. The van der Waals surface area contributed by atoms with Gasteiger partial charge in [-0.25, -0.2) is 0 Å². The van der Waals surface area contributed by atoms with Gasteiger partial charge in [0.2, 0.25) is 5.78 Å². The number of aliphatic carboxylic acids is 1. The first-order valence-corrected chi connectivity index (χ1v) is 12.0. The number of fused-ring (bicyclic) bond motifs is 1. The molecule has 7 heteroatoms. The standard InChI is InChI=1S/C24H32O6S/c25-18(24(30)22-13-15-7-5-6-9-21(15)31-22)12-11-17-16(19(26)14-20(17)27)8-3-1-2-4-10-23(28)29/h5-7,9,13,16-20,25-27H,1-4,8,10-12,14H2,(H,28,29)/t16-,17?,18?,19+,20-/m1/s1. The summed E-state index contributed by atoms with van der Waals surface area (Å²) in [7, 11) is 0. The van der Waals surface area contributed by atoms with E-state index in [0.717, 1.165) is 35.8 Å². The van der Waals surface area contributed by atoms with Crippen LogP contribution in [0.4, 0.5) is 0 Å². The van der Waals surface area contributed by atoms with Crippen LogP contribution in [0.3, 0.4) is 0 Å². The molecular formula is C24H32O6S. The van der Waals surface area contributed by atoms with E-state index in [2.05, 4.69) is 0 Å². The van der Waals surface area contributed by atoms with E-state index in [1.54, 1.807) is 0 Å². The van der Waals surface area contributed by atoms with Gasteiger partial charge in [-0.2, -0.15) is 0 Å². The number of carbonyl (C=O) groups is 2. The van der Waals surface area contributed by atoms with Crippen molar-refractivity contribution >= 4 is 33.2 Å². The molecule has 0 amide bonds. The highest BCUT2D eigenvalue weighted by molar-refractivity contribution is 7.20. The number of thiophene rings is 1. The first-order chi connectivity index (χ1) is 14.9. The van der Waals surface area contributed by atoms with Gasteiger partial charge in [-0.15, -0.1) is 11.3 Å². The lowest BCUT2D eigenvalue weighted by atomic mass is 9.84. The van der Waals surface area contributed by atoms with E-state index in [-0.39, 0.29) is 30.5 Å². The van der Waals surface area contributed by atoms with Gasteiger partial charge in [0.25, 0.3) is 0 Å². The summed E-state index contributed by atoms with van der Waals surface area (Å²) >= 11 is 1.38. The monoisotopic (exact) mass is 448 g/mol.